The molecule has 0 unspecified atom stereocenters. The van der Waals surface area contributed by atoms with E-state index in [9.17, 15) is 4.79 Å². The Labute approximate surface area is 195 Å². The third kappa shape index (κ3) is 6.71. The van der Waals surface area contributed by atoms with Crippen molar-refractivity contribution in [1.29, 1.82) is 0 Å². The van der Waals surface area contributed by atoms with Gasteiger partial charge in [-0.05, 0) is 53.1 Å². The minimum absolute atomic E-state index is 0.106. The molecule has 0 heterocycles. The summed E-state index contributed by atoms with van der Waals surface area (Å²) in [5.74, 6) is 1.74. The number of nitrogens with zero attached hydrogens (tertiary/aromatic N) is 1. The molecule has 0 atom stereocenters. The van der Waals surface area contributed by atoms with E-state index >= 15 is 0 Å². The Hall–Kier alpha value is -4.05. The summed E-state index contributed by atoms with van der Waals surface area (Å²) in [6.07, 6.45) is 0.391. The Morgan fingerprint density at radius 1 is 0.727 bits per heavy atom. The smallest absolute Gasteiger partial charge is 0.227 e. The summed E-state index contributed by atoms with van der Waals surface area (Å²) >= 11 is 0. The fourth-order valence-corrected chi connectivity index (χ4v) is 3.54. The third-order valence-corrected chi connectivity index (χ3v) is 5.37. The zero-order valence-corrected chi connectivity index (χ0v) is 18.8. The molecule has 0 aromatic heterocycles. The van der Waals surface area contributed by atoms with Gasteiger partial charge in [-0.2, -0.15) is 0 Å². The molecule has 0 bridgehead atoms. The highest BCUT2D eigenvalue weighted by Gasteiger charge is 2.10. The number of carbonyl (C=O) groups is 1. The molecule has 0 fully saturated rings. The Morgan fingerprint density at radius 2 is 1.36 bits per heavy atom. The summed E-state index contributed by atoms with van der Waals surface area (Å²) in [7, 11) is 1.85. The highest BCUT2D eigenvalue weighted by atomic mass is 16.5. The monoisotopic (exact) mass is 436 g/mol. The van der Waals surface area contributed by atoms with Crippen molar-refractivity contribution in [3.63, 3.8) is 0 Å². The zero-order chi connectivity index (χ0) is 22.9. The fourth-order valence-electron chi connectivity index (χ4n) is 3.54. The molecule has 4 aromatic carbocycles. The van der Waals surface area contributed by atoms with Crippen molar-refractivity contribution in [3.8, 4) is 11.5 Å². The molecule has 4 aromatic rings. The number of para-hydroxylation sites is 1. The molecular weight excluding hydrogens is 408 g/mol. The van der Waals surface area contributed by atoms with Crippen LogP contribution in [0.3, 0.4) is 0 Å². The summed E-state index contributed by atoms with van der Waals surface area (Å²) in [6.45, 7) is 1.30. The maximum absolute atomic E-state index is 12.6. The van der Waals surface area contributed by atoms with Crippen LogP contribution in [-0.2, 0) is 24.3 Å². The van der Waals surface area contributed by atoms with Crippen LogP contribution in [0.1, 0.15) is 16.7 Å². The number of carbonyl (C=O) groups excluding carboxylic acids is 1. The summed E-state index contributed by atoms with van der Waals surface area (Å²) < 4.78 is 5.92. The number of hydrogen-bond acceptors (Lipinski definition) is 3. The van der Waals surface area contributed by atoms with Crippen molar-refractivity contribution >= 4 is 11.6 Å². The summed E-state index contributed by atoms with van der Waals surface area (Å²) in [6, 6.07) is 35.9. The second-order valence-corrected chi connectivity index (χ2v) is 8.03. The summed E-state index contributed by atoms with van der Waals surface area (Å²) in [4.78, 5) is 14.3. The van der Waals surface area contributed by atoms with Crippen molar-refractivity contribution in [2.75, 3.05) is 12.4 Å². The number of hydrogen-bond donors (Lipinski definition) is 1. The van der Waals surface area contributed by atoms with Crippen LogP contribution in [0.5, 0.6) is 11.5 Å². The van der Waals surface area contributed by atoms with E-state index in [4.69, 9.17) is 4.74 Å². The van der Waals surface area contributed by atoms with E-state index in [-0.39, 0.29) is 5.91 Å². The Kier molecular flexibility index (Phi) is 7.39. The molecule has 4 nitrogen and oxygen atoms in total. The van der Waals surface area contributed by atoms with Crippen LogP contribution in [0, 0.1) is 0 Å². The predicted molar refractivity (Wildman–Crippen MR) is 133 cm³/mol. The molecule has 4 rings (SSSR count). The van der Waals surface area contributed by atoms with Crippen molar-refractivity contribution < 1.29 is 9.53 Å². The molecule has 1 N–H and O–H groups in total. The molecule has 33 heavy (non-hydrogen) atoms. The first kappa shape index (κ1) is 22.2. The minimum Gasteiger partial charge on any atom is -0.457 e. The van der Waals surface area contributed by atoms with Gasteiger partial charge in [0.05, 0.1) is 6.42 Å². The maximum Gasteiger partial charge on any atom is 0.227 e. The van der Waals surface area contributed by atoms with Crippen LogP contribution < -0.4 is 10.1 Å². The van der Waals surface area contributed by atoms with Gasteiger partial charge in [0, 0.05) is 25.8 Å². The summed E-state index contributed by atoms with van der Waals surface area (Å²) in [5, 5.41) is 3.44. The second kappa shape index (κ2) is 11.0. The van der Waals surface area contributed by atoms with Gasteiger partial charge in [-0.3, -0.25) is 4.79 Å². The number of benzene rings is 4. The Balaban J connectivity index is 1.28. The average molecular weight is 437 g/mol. The average Bonchev–Trinajstić information content (AvgIpc) is 2.85. The van der Waals surface area contributed by atoms with Crippen LogP contribution in [0.25, 0.3) is 0 Å². The number of likely N-dealkylation sites (N-methyl/N-ethyl adjacent to an activating group) is 1. The van der Waals surface area contributed by atoms with Crippen molar-refractivity contribution in [2.45, 2.75) is 19.5 Å². The molecule has 0 aliphatic rings. The summed E-state index contributed by atoms with van der Waals surface area (Å²) in [5.41, 5.74) is 4.28. The third-order valence-electron chi connectivity index (χ3n) is 5.37. The molecule has 1 amide bonds. The molecule has 0 aliphatic heterocycles. The van der Waals surface area contributed by atoms with E-state index < -0.39 is 0 Å². The lowest BCUT2D eigenvalue weighted by molar-refractivity contribution is -0.129. The molecular formula is C29H28N2O2. The lowest BCUT2D eigenvalue weighted by Gasteiger charge is -2.17. The molecule has 0 saturated heterocycles. The van der Waals surface area contributed by atoms with Crippen LogP contribution in [-0.4, -0.2) is 17.9 Å². The topological polar surface area (TPSA) is 41.6 Å². The largest absolute Gasteiger partial charge is 0.457 e. The minimum atomic E-state index is 0.106. The SMILES string of the molecule is CN(Cc1ccccc1)C(=O)Cc1ccc(NCc2cccc(Oc3ccccc3)c2)cc1. The molecule has 4 heteroatoms. The highest BCUT2D eigenvalue weighted by Crippen LogP contribution is 2.22. The van der Waals surface area contributed by atoms with E-state index in [0.29, 0.717) is 19.5 Å². The zero-order valence-electron chi connectivity index (χ0n) is 18.8. The van der Waals surface area contributed by atoms with Crippen molar-refractivity contribution in [2.24, 2.45) is 0 Å². The van der Waals surface area contributed by atoms with Gasteiger partial charge >= 0.3 is 0 Å². The van der Waals surface area contributed by atoms with Gasteiger partial charge in [-0.15, -0.1) is 0 Å². The van der Waals surface area contributed by atoms with Crippen LogP contribution in [0.15, 0.2) is 109 Å². The van der Waals surface area contributed by atoms with Crippen molar-refractivity contribution in [1.82, 2.24) is 4.90 Å². The fraction of sp³-hybridized carbons (Fsp3) is 0.138. The first-order chi connectivity index (χ1) is 16.2. The lowest BCUT2D eigenvalue weighted by atomic mass is 10.1. The van der Waals surface area contributed by atoms with Gasteiger partial charge in [0.2, 0.25) is 5.91 Å². The Morgan fingerprint density at radius 3 is 2.09 bits per heavy atom. The van der Waals surface area contributed by atoms with Gasteiger partial charge < -0.3 is 15.0 Å². The van der Waals surface area contributed by atoms with Gasteiger partial charge in [0.15, 0.2) is 0 Å². The number of rotatable bonds is 9. The molecule has 0 saturated carbocycles. The van der Waals surface area contributed by atoms with Crippen LogP contribution in [0.2, 0.25) is 0 Å². The Bertz CT molecular complexity index is 1160. The first-order valence-corrected chi connectivity index (χ1v) is 11.1. The quantitative estimate of drug-likeness (QED) is 0.335. The lowest BCUT2D eigenvalue weighted by Crippen LogP contribution is -2.27. The van der Waals surface area contributed by atoms with E-state index in [1.807, 2.05) is 110 Å². The van der Waals surface area contributed by atoms with E-state index in [0.717, 1.165) is 33.9 Å². The maximum atomic E-state index is 12.6. The molecule has 0 radical (unpaired) electrons. The predicted octanol–water partition coefficient (Wildman–Crippen LogP) is 6.29. The van der Waals surface area contributed by atoms with Gasteiger partial charge in [-0.25, -0.2) is 0 Å². The second-order valence-electron chi connectivity index (χ2n) is 8.03. The number of amides is 1. The van der Waals surface area contributed by atoms with Crippen molar-refractivity contribution in [3.05, 3.63) is 126 Å². The molecule has 0 aliphatic carbocycles. The van der Waals surface area contributed by atoms with Gasteiger partial charge in [0.25, 0.3) is 0 Å². The molecule has 166 valence electrons. The van der Waals surface area contributed by atoms with Crippen LogP contribution >= 0.6 is 0 Å². The van der Waals surface area contributed by atoms with E-state index in [1.54, 1.807) is 4.90 Å². The standard InChI is InChI=1S/C29H28N2O2/c1-31(22-24-9-4-2-5-10-24)29(32)20-23-15-17-26(18-16-23)30-21-25-11-8-14-28(19-25)33-27-12-6-3-7-13-27/h2-19,30H,20-22H2,1H3. The van der Waals surface area contributed by atoms with Gasteiger partial charge in [0.1, 0.15) is 11.5 Å². The van der Waals surface area contributed by atoms with Crippen LogP contribution in [0.4, 0.5) is 5.69 Å². The number of ether oxygens (including phenoxy) is 1. The number of anilines is 1. The highest BCUT2D eigenvalue weighted by molar-refractivity contribution is 5.78. The van der Waals surface area contributed by atoms with E-state index in [1.165, 1.54) is 0 Å². The first-order valence-electron chi connectivity index (χ1n) is 11.1. The van der Waals surface area contributed by atoms with Gasteiger partial charge in [-0.1, -0.05) is 72.8 Å². The molecule has 0 spiro atoms. The normalized spacial score (nSPS) is 10.5. The number of nitrogens with one attached hydrogen (secondary N) is 1. The van der Waals surface area contributed by atoms with E-state index in [2.05, 4.69) is 11.4 Å².